The van der Waals surface area contributed by atoms with E-state index in [2.05, 4.69) is 16.9 Å². The summed E-state index contributed by atoms with van der Waals surface area (Å²) in [4.78, 5) is 4.22. The quantitative estimate of drug-likeness (QED) is 0.817. The highest BCUT2D eigenvalue weighted by Crippen LogP contribution is 2.16. The van der Waals surface area contributed by atoms with Crippen molar-refractivity contribution >= 4 is 15.8 Å². The summed E-state index contributed by atoms with van der Waals surface area (Å²) in [5.41, 5.74) is 0. The molecule has 0 spiro atoms. The summed E-state index contributed by atoms with van der Waals surface area (Å²) in [7, 11) is -2.80. The summed E-state index contributed by atoms with van der Waals surface area (Å²) >= 11 is 0. The SMILES string of the molecule is C=CCn1ccnc1NC1CCS(=O)(=O)CC1. The Morgan fingerprint density at radius 2 is 2.24 bits per heavy atom. The number of hydrogen-bond acceptors (Lipinski definition) is 4. The zero-order valence-electron chi connectivity index (χ0n) is 9.67. The molecule has 0 radical (unpaired) electrons. The highest BCUT2D eigenvalue weighted by molar-refractivity contribution is 7.91. The maximum absolute atomic E-state index is 11.3. The van der Waals surface area contributed by atoms with Crippen molar-refractivity contribution in [3.63, 3.8) is 0 Å². The van der Waals surface area contributed by atoms with Crippen molar-refractivity contribution in [1.29, 1.82) is 0 Å². The van der Waals surface area contributed by atoms with E-state index in [1.54, 1.807) is 12.3 Å². The zero-order valence-corrected chi connectivity index (χ0v) is 10.5. The number of imidazole rings is 1. The molecule has 5 nitrogen and oxygen atoms in total. The molecule has 0 bridgehead atoms. The Morgan fingerprint density at radius 1 is 1.53 bits per heavy atom. The second kappa shape index (κ2) is 4.91. The molecule has 0 atom stereocenters. The first-order chi connectivity index (χ1) is 8.11. The van der Waals surface area contributed by atoms with Gasteiger partial charge in [0, 0.05) is 25.0 Å². The number of rotatable bonds is 4. The van der Waals surface area contributed by atoms with E-state index < -0.39 is 9.84 Å². The normalized spacial score (nSPS) is 20.0. The van der Waals surface area contributed by atoms with Crippen LogP contribution in [-0.2, 0) is 16.4 Å². The van der Waals surface area contributed by atoms with E-state index in [-0.39, 0.29) is 17.5 Å². The molecule has 1 saturated heterocycles. The molecule has 6 heteroatoms. The van der Waals surface area contributed by atoms with Crippen LogP contribution in [0, 0.1) is 0 Å². The van der Waals surface area contributed by atoms with Crippen molar-refractivity contribution in [1.82, 2.24) is 9.55 Å². The first-order valence-electron chi connectivity index (χ1n) is 5.70. The largest absolute Gasteiger partial charge is 0.353 e. The summed E-state index contributed by atoms with van der Waals surface area (Å²) in [6, 6.07) is 0.199. The first-order valence-corrected chi connectivity index (χ1v) is 7.52. The van der Waals surface area contributed by atoms with Gasteiger partial charge >= 0.3 is 0 Å². The van der Waals surface area contributed by atoms with Gasteiger partial charge in [0.1, 0.15) is 9.84 Å². The van der Waals surface area contributed by atoms with Crippen molar-refractivity contribution in [3.8, 4) is 0 Å². The lowest BCUT2D eigenvalue weighted by atomic mass is 10.2. The minimum atomic E-state index is -2.80. The van der Waals surface area contributed by atoms with Crippen molar-refractivity contribution in [2.75, 3.05) is 16.8 Å². The fourth-order valence-corrected chi connectivity index (χ4v) is 3.44. The molecule has 17 heavy (non-hydrogen) atoms. The minimum absolute atomic E-state index is 0.199. The van der Waals surface area contributed by atoms with Crippen LogP contribution in [0.1, 0.15) is 12.8 Å². The van der Waals surface area contributed by atoms with Gasteiger partial charge < -0.3 is 9.88 Å². The molecule has 2 rings (SSSR count). The maximum atomic E-state index is 11.3. The average Bonchev–Trinajstić information content (AvgIpc) is 2.70. The van der Waals surface area contributed by atoms with Crippen LogP contribution in [0.2, 0.25) is 0 Å². The number of allylic oxidation sites excluding steroid dienone is 1. The van der Waals surface area contributed by atoms with Crippen LogP contribution < -0.4 is 5.32 Å². The molecule has 1 fully saturated rings. The minimum Gasteiger partial charge on any atom is -0.353 e. The van der Waals surface area contributed by atoms with Gasteiger partial charge in [-0.25, -0.2) is 13.4 Å². The van der Waals surface area contributed by atoms with Crippen molar-refractivity contribution in [2.45, 2.75) is 25.4 Å². The Kier molecular flexibility index (Phi) is 3.51. The second-order valence-electron chi connectivity index (χ2n) is 4.26. The third-order valence-corrected chi connectivity index (χ3v) is 4.64. The van der Waals surface area contributed by atoms with Crippen LogP contribution in [0.25, 0.3) is 0 Å². The Balaban J connectivity index is 1.97. The number of hydrogen-bond donors (Lipinski definition) is 1. The monoisotopic (exact) mass is 255 g/mol. The third-order valence-electron chi connectivity index (χ3n) is 2.93. The molecule has 1 N–H and O–H groups in total. The van der Waals surface area contributed by atoms with Gasteiger partial charge in [-0.3, -0.25) is 0 Å². The third kappa shape index (κ3) is 3.09. The van der Waals surface area contributed by atoms with Gasteiger partial charge in [0.15, 0.2) is 0 Å². The van der Waals surface area contributed by atoms with Gasteiger partial charge in [-0.1, -0.05) is 6.08 Å². The summed E-state index contributed by atoms with van der Waals surface area (Å²) in [6.45, 7) is 4.39. The molecule has 0 aliphatic carbocycles. The molecular formula is C11H17N3O2S. The fraction of sp³-hybridized carbons (Fsp3) is 0.545. The predicted molar refractivity (Wildman–Crippen MR) is 67.7 cm³/mol. The van der Waals surface area contributed by atoms with Gasteiger partial charge in [-0.15, -0.1) is 6.58 Å². The van der Waals surface area contributed by atoms with E-state index in [1.807, 2.05) is 10.8 Å². The van der Waals surface area contributed by atoms with Gasteiger partial charge in [-0.05, 0) is 12.8 Å². The number of aromatic nitrogens is 2. The molecule has 0 amide bonds. The molecule has 1 aromatic rings. The van der Waals surface area contributed by atoms with Gasteiger partial charge in [0.2, 0.25) is 5.95 Å². The lowest BCUT2D eigenvalue weighted by molar-refractivity contribution is 0.557. The summed E-state index contributed by atoms with van der Waals surface area (Å²) in [6.07, 6.45) is 6.72. The topological polar surface area (TPSA) is 64.0 Å². The van der Waals surface area contributed by atoms with E-state index in [0.29, 0.717) is 19.4 Å². The Labute approximate surface area is 101 Å². The van der Waals surface area contributed by atoms with Crippen molar-refractivity contribution in [2.24, 2.45) is 0 Å². The molecule has 0 saturated carbocycles. The van der Waals surface area contributed by atoms with E-state index in [0.717, 1.165) is 5.95 Å². The highest BCUT2D eigenvalue weighted by atomic mass is 32.2. The fourth-order valence-electron chi connectivity index (χ4n) is 1.95. The number of nitrogens with one attached hydrogen (secondary N) is 1. The van der Waals surface area contributed by atoms with Crippen molar-refractivity contribution in [3.05, 3.63) is 25.0 Å². The van der Waals surface area contributed by atoms with E-state index in [9.17, 15) is 8.42 Å². The first kappa shape index (κ1) is 12.2. The van der Waals surface area contributed by atoms with Crippen LogP contribution in [0.5, 0.6) is 0 Å². The Bertz CT molecular complexity index is 479. The van der Waals surface area contributed by atoms with E-state index in [4.69, 9.17) is 0 Å². The van der Waals surface area contributed by atoms with Crippen LogP contribution in [0.4, 0.5) is 5.95 Å². The molecule has 1 aromatic heterocycles. The molecule has 1 aliphatic rings. The smallest absolute Gasteiger partial charge is 0.203 e. The second-order valence-corrected chi connectivity index (χ2v) is 6.57. The van der Waals surface area contributed by atoms with Crippen LogP contribution in [0.3, 0.4) is 0 Å². The van der Waals surface area contributed by atoms with Crippen LogP contribution >= 0.6 is 0 Å². The van der Waals surface area contributed by atoms with Gasteiger partial charge in [0.25, 0.3) is 0 Å². The standard InChI is InChI=1S/C11H17N3O2S/c1-2-6-14-7-5-12-11(14)13-10-3-8-17(15,16)9-4-10/h2,5,7,10H,1,3-4,6,8-9H2,(H,12,13). The summed E-state index contributed by atoms with van der Waals surface area (Å²) in [5, 5.41) is 3.29. The Morgan fingerprint density at radius 3 is 2.88 bits per heavy atom. The molecule has 2 heterocycles. The molecule has 94 valence electrons. The number of anilines is 1. The molecule has 1 aliphatic heterocycles. The predicted octanol–water partition coefficient (Wildman–Crippen LogP) is 1.06. The van der Waals surface area contributed by atoms with Gasteiger partial charge in [-0.2, -0.15) is 0 Å². The molecular weight excluding hydrogens is 238 g/mol. The van der Waals surface area contributed by atoms with Crippen LogP contribution in [-0.4, -0.2) is 35.5 Å². The lowest BCUT2D eigenvalue weighted by Gasteiger charge is -2.23. The van der Waals surface area contributed by atoms with Crippen molar-refractivity contribution < 1.29 is 8.42 Å². The molecule has 0 unspecified atom stereocenters. The summed E-state index contributed by atoms with van der Waals surface area (Å²) in [5.74, 6) is 1.33. The Hall–Kier alpha value is -1.30. The maximum Gasteiger partial charge on any atom is 0.203 e. The van der Waals surface area contributed by atoms with Crippen LogP contribution in [0.15, 0.2) is 25.0 Å². The van der Waals surface area contributed by atoms with Gasteiger partial charge in [0.05, 0.1) is 11.5 Å². The number of sulfone groups is 1. The highest BCUT2D eigenvalue weighted by Gasteiger charge is 2.24. The summed E-state index contributed by atoms with van der Waals surface area (Å²) < 4.78 is 24.6. The van der Waals surface area contributed by atoms with E-state index >= 15 is 0 Å². The van der Waals surface area contributed by atoms with E-state index in [1.165, 1.54) is 0 Å². The number of nitrogens with zero attached hydrogens (tertiary/aromatic N) is 2. The zero-order chi connectivity index (χ0) is 12.3. The molecule has 0 aromatic carbocycles. The average molecular weight is 255 g/mol. The lowest BCUT2D eigenvalue weighted by Crippen LogP contribution is -2.33.